The van der Waals surface area contributed by atoms with Crippen molar-refractivity contribution in [1.82, 2.24) is 4.57 Å². The van der Waals surface area contributed by atoms with Gasteiger partial charge in [-0.2, -0.15) is 0 Å². The van der Waals surface area contributed by atoms with Crippen molar-refractivity contribution in [3.05, 3.63) is 38.9 Å². The summed E-state index contributed by atoms with van der Waals surface area (Å²) in [6, 6.07) is 0.459. The Labute approximate surface area is 176 Å². The first-order valence-electron chi connectivity index (χ1n) is 10.2. The smallest absolute Gasteiger partial charge is 0.343 e. The molecule has 9 heteroatoms. The van der Waals surface area contributed by atoms with Crippen molar-refractivity contribution >= 4 is 34.2 Å². The van der Waals surface area contributed by atoms with E-state index < -0.39 is 29.4 Å². The molecule has 1 aromatic carbocycles. The number of hydrogen-bond donors (Lipinski definition) is 1. The molecule has 30 heavy (non-hydrogen) atoms. The molecule has 160 valence electrons. The van der Waals surface area contributed by atoms with Crippen LogP contribution in [0.3, 0.4) is 0 Å². The molecule has 2 N–H and O–H groups in total. The van der Waals surface area contributed by atoms with Crippen LogP contribution < -0.4 is 16.1 Å². The van der Waals surface area contributed by atoms with Crippen LogP contribution in [-0.4, -0.2) is 42.4 Å². The van der Waals surface area contributed by atoms with Gasteiger partial charge in [0.05, 0.1) is 34.3 Å². The number of anilines is 1. The lowest BCUT2D eigenvalue weighted by atomic mass is 10.0. The van der Waals surface area contributed by atoms with Crippen molar-refractivity contribution in [2.24, 2.45) is 11.1 Å². The number of nitrogens with two attached hydrogens (primary N) is 1. The van der Waals surface area contributed by atoms with Crippen molar-refractivity contribution in [2.75, 3.05) is 24.6 Å². The standard InChI is InChI=1S/C21H22ClF2N3O3/c1-2-30-20(29)11-7-27(14-6-12(14)23)17-10(19(11)28)5-13(24)18(16(17)22)26-8-15(25)21(9-26)3-4-21/h5,7,12,14-15H,2-4,6,8-9,25H2,1H3/t12-,14+,15+/m0/s1. The predicted molar refractivity (Wildman–Crippen MR) is 110 cm³/mol. The molecule has 3 fully saturated rings. The van der Waals surface area contributed by atoms with E-state index >= 15 is 4.39 Å². The maximum atomic E-state index is 15.2. The van der Waals surface area contributed by atoms with Crippen molar-refractivity contribution in [3.63, 3.8) is 0 Å². The van der Waals surface area contributed by atoms with E-state index in [1.165, 1.54) is 10.8 Å². The van der Waals surface area contributed by atoms with Gasteiger partial charge in [0.15, 0.2) is 0 Å². The minimum absolute atomic E-state index is 0.00130. The molecular weight excluding hydrogens is 416 g/mol. The van der Waals surface area contributed by atoms with Crippen LogP contribution in [0.5, 0.6) is 0 Å². The number of alkyl halides is 1. The fraction of sp³-hybridized carbons (Fsp3) is 0.524. The molecule has 2 aromatic rings. The van der Waals surface area contributed by atoms with Crippen molar-refractivity contribution in [1.29, 1.82) is 0 Å². The first kappa shape index (κ1) is 19.8. The topological polar surface area (TPSA) is 77.6 Å². The van der Waals surface area contributed by atoms with Crippen LogP contribution in [0.15, 0.2) is 17.1 Å². The highest BCUT2D eigenvalue weighted by Crippen LogP contribution is 2.54. The highest BCUT2D eigenvalue weighted by molar-refractivity contribution is 6.38. The summed E-state index contributed by atoms with van der Waals surface area (Å²) < 4.78 is 35.6. The van der Waals surface area contributed by atoms with Gasteiger partial charge in [0.25, 0.3) is 0 Å². The highest BCUT2D eigenvalue weighted by atomic mass is 35.5. The molecule has 2 heterocycles. The van der Waals surface area contributed by atoms with Gasteiger partial charge in [-0.3, -0.25) is 4.79 Å². The zero-order valence-corrected chi connectivity index (χ0v) is 17.2. The second-order valence-electron chi connectivity index (χ2n) is 8.59. The number of halogens is 3. The van der Waals surface area contributed by atoms with Gasteiger partial charge >= 0.3 is 5.97 Å². The Morgan fingerprint density at radius 3 is 2.70 bits per heavy atom. The van der Waals surface area contributed by atoms with E-state index in [1.807, 2.05) is 4.90 Å². The van der Waals surface area contributed by atoms with Crippen LogP contribution in [-0.2, 0) is 4.74 Å². The summed E-state index contributed by atoms with van der Waals surface area (Å²) in [5, 5.41) is -0.0166. The minimum Gasteiger partial charge on any atom is -0.462 e. The Hall–Kier alpha value is -2.19. The highest BCUT2D eigenvalue weighted by Gasteiger charge is 2.54. The van der Waals surface area contributed by atoms with Gasteiger partial charge in [-0.15, -0.1) is 0 Å². The summed E-state index contributed by atoms with van der Waals surface area (Å²) in [4.78, 5) is 27.0. The molecule has 1 aliphatic heterocycles. The number of aromatic nitrogens is 1. The molecule has 3 atom stereocenters. The van der Waals surface area contributed by atoms with Crippen molar-refractivity contribution in [2.45, 2.75) is 44.4 Å². The summed E-state index contributed by atoms with van der Waals surface area (Å²) in [6.45, 7) is 2.75. The lowest BCUT2D eigenvalue weighted by molar-refractivity contribution is 0.0524. The van der Waals surface area contributed by atoms with Crippen LogP contribution in [0.1, 0.15) is 42.6 Å². The molecule has 5 rings (SSSR count). The van der Waals surface area contributed by atoms with Crippen LogP contribution in [0.25, 0.3) is 10.9 Å². The fourth-order valence-electron chi connectivity index (χ4n) is 4.63. The summed E-state index contributed by atoms with van der Waals surface area (Å²) in [6.07, 6.45) is 2.40. The van der Waals surface area contributed by atoms with Gasteiger partial charge in [0.2, 0.25) is 5.43 Å². The number of benzene rings is 1. The van der Waals surface area contributed by atoms with Gasteiger partial charge in [0, 0.05) is 37.2 Å². The Kier molecular flexibility index (Phi) is 4.38. The van der Waals surface area contributed by atoms with E-state index in [2.05, 4.69) is 0 Å². The Balaban J connectivity index is 1.72. The number of nitrogens with zero attached hydrogens (tertiary/aromatic N) is 2. The number of carbonyl (C=O) groups excluding carboxylic acids is 1. The normalized spacial score (nSPS) is 26.4. The van der Waals surface area contributed by atoms with Gasteiger partial charge in [0.1, 0.15) is 17.6 Å². The summed E-state index contributed by atoms with van der Waals surface area (Å²) in [5.74, 6) is -1.48. The molecule has 3 aliphatic rings. The fourth-order valence-corrected chi connectivity index (χ4v) is 5.04. The Morgan fingerprint density at radius 1 is 1.43 bits per heavy atom. The Bertz CT molecular complexity index is 1130. The average molecular weight is 438 g/mol. The van der Waals surface area contributed by atoms with Gasteiger partial charge < -0.3 is 19.9 Å². The second kappa shape index (κ2) is 6.65. The van der Waals surface area contributed by atoms with Crippen LogP contribution in [0.2, 0.25) is 5.02 Å². The summed E-state index contributed by atoms with van der Waals surface area (Å²) in [7, 11) is 0. The van der Waals surface area contributed by atoms with E-state index in [0.717, 1.165) is 18.9 Å². The van der Waals surface area contributed by atoms with Gasteiger partial charge in [-0.25, -0.2) is 13.6 Å². The third kappa shape index (κ3) is 2.84. The largest absolute Gasteiger partial charge is 0.462 e. The number of fused-ring (bicyclic) bond motifs is 1. The lowest BCUT2D eigenvalue weighted by Gasteiger charge is -2.23. The quantitative estimate of drug-likeness (QED) is 0.743. The summed E-state index contributed by atoms with van der Waals surface area (Å²) >= 11 is 6.66. The first-order chi connectivity index (χ1) is 14.3. The third-order valence-electron chi connectivity index (χ3n) is 6.64. The zero-order valence-electron chi connectivity index (χ0n) is 16.5. The average Bonchev–Trinajstić information content (AvgIpc) is 3.58. The van der Waals surface area contributed by atoms with Crippen molar-refractivity contribution < 1.29 is 18.3 Å². The number of rotatable bonds is 4. The number of esters is 1. The molecule has 1 spiro atoms. The van der Waals surface area contributed by atoms with E-state index in [1.54, 1.807) is 6.92 Å². The molecule has 2 saturated carbocycles. The molecule has 1 aromatic heterocycles. The minimum atomic E-state index is -1.12. The first-order valence-corrected chi connectivity index (χ1v) is 10.5. The lowest BCUT2D eigenvalue weighted by Crippen LogP contribution is -2.30. The van der Waals surface area contributed by atoms with Crippen LogP contribution in [0, 0.1) is 11.2 Å². The van der Waals surface area contributed by atoms with Crippen LogP contribution >= 0.6 is 11.6 Å². The molecule has 2 aliphatic carbocycles. The molecule has 1 saturated heterocycles. The molecule has 0 amide bonds. The number of carbonyl (C=O) groups is 1. The SMILES string of the molecule is CCOC(=O)c1cn([C@@H]2C[C@@H]2F)c2c(Cl)c(N3C[C@@H](N)C4(CC4)C3)c(F)cc2c1=O. The molecule has 0 bridgehead atoms. The van der Waals surface area contributed by atoms with Gasteiger partial charge in [-0.1, -0.05) is 11.6 Å². The molecule has 0 radical (unpaired) electrons. The van der Waals surface area contributed by atoms with Gasteiger partial charge in [-0.05, 0) is 25.8 Å². The predicted octanol–water partition coefficient (Wildman–Crippen LogP) is 3.18. The molecule has 0 unspecified atom stereocenters. The summed E-state index contributed by atoms with van der Waals surface area (Å²) in [5.41, 5.74) is 5.74. The van der Waals surface area contributed by atoms with Crippen LogP contribution in [0.4, 0.5) is 14.5 Å². The maximum absolute atomic E-state index is 15.2. The van der Waals surface area contributed by atoms with E-state index in [0.29, 0.717) is 13.1 Å². The van der Waals surface area contributed by atoms with E-state index in [9.17, 15) is 14.0 Å². The third-order valence-corrected chi connectivity index (χ3v) is 6.99. The van der Waals surface area contributed by atoms with E-state index in [-0.39, 0.29) is 51.7 Å². The maximum Gasteiger partial charge on any atom is 0.343 e. The number of ether oxygens (including phenoxy) is 1. The molecule has 6 nitrogen and oxygen atoms in total. The monoisotopic (exact) mass is 437 g/mol. The number of pyridine rings is 1. The second-order valence-corrected chi connectivity index (χ2v) is 8.96. The van der Waals surface area contributed by atoms with Crippen molar-refractivity contribution in [3.8, 4) is 0 Å². The van der Waals surface area contributed by atoms with E-state index in [4.69, 9.17) is 22.1 Å². The number of hydrogen-bond acceptors (Lipinski definition) is 5. The molecular formula is C21H22ClF2N3O3. The zero-order chi connectivity index (χ0) is 21.4. The Morgan fingerprint density at radius 2 is 2.13 bits per heavy atom.